The van der Waals surface area contributed by atoms with E-state index in [1.807, 2.05) is 23.6 Å². The maximum absolute atomic E-state index is 12.6. The molecule has 3 aromatic rings. The van der Waals surface area contributed by atoms with Gasteiger partial charge in [-0.3, -0.25) is 24.6 Å². The van der Waals surface area contributed by atoms with Crippen molar-refractivity contribution in [1.82, 2.24) is 10.2 Å². The van der Waals surface area contributed by atoms with Gasteiger partial charge in [0.15, 0.2) is 0 Å². The number of rotatable bonds is 6. The number of nitrogens with zero attached hydrogens (tertiary/aromatic N) is 2. The predicted molar refractivity (Wildman–Crippen MR) is 127 cm³/mol. The molecule has 4 rings (SSSR count). The van der Waals surface area contributed by atoms with Crippen LogP contribution in [0.15, 0.2) is 59.3 Å². The zero-order valence-corrected chi connectivity index (χ0v) is 18.9. The lowest BCUT2D eigenvalue weighted by molar-refractivity contribution is -0.384. The van der Waals surface area contributed by atoms with Crippen LogP contribution in [0, 0.1) is 17.0 Å². The van der Waals surface area contributed by atoms with E-state index in [1.165, 1.54) is 29.3 Å². The first kappa shape index (κ1) is 22.6. The average Bonchev–Trinajstić information content (AvgIpc) is 3.34. The lowest BCUT2D eigenvalue weighted by Gasteiger charge is -2.35. The summed E-state index contributed by atoms with van der Waals surface area (Å²) in [5, 5.41) is 20.3. The first-order chi connectivity index (χ1) is 15.9. The Bertz CT molecular complexity index is 1180. The minimum absolute atomic E-state index is 0.0686. The van der Waals surface area contributed by atoms with Gasteiger partial charge in [-0.1, -0.05) is 30.3 Å². The normalized spacial score (nSPS) is 14.2. The topological polar surface area (TPSA) is 105 Å². The van der Waals surface area contributed by atoms with Crippen LogP contribution in [0.5, 0.6) is 0 Å². The van der Waals surface area contributed by atoms with Crippen LogP contribution in [0.1, 0.15) is 28.3 Å². The van der Waals surface area contributed by atoms with E-state index in [1.54, 1.807) is 18.3 Å². The summed E-state index contributed by atoms with van der Waals surface area (Å²) in [6, 6.07) is 14.5. The Morgan fingerprint density at radius 2 is 1.94 bits per heavy atom. The largest absolute Gasteiger partial charge is 0.346 e. The van der Waals surface area contributed by atoms with Crippen molar-refractivity contribution in [3.8, 4) is 0 Å². The van der Waals surface area contributed by atoms with Crippen LogP contribution in [-0.2, 0) is 22.6 Å². The molecule has 1 unspecified atom stereocenters. The van der Waals surface area contributed by atoms with Crippen LogP contribution >= 0.6 is 11.3 Å². The van der Waals surface area contributed by atoms with Gasteiger partial charge in [0.25, 0.3) is 5.69 Å². The van der Waals surface area contributed by atoms with Crippen LogP contribution < -0.4 is 10.6 Å². The average molecular weight is 465 g/mol. The van der Waals surface area contributed by atoms with Gasteiger partial charge in [-0.15, -0.1) is 0 Å². The Balaban J connectivity index is 1.43. The summed E-state index contributed by atoms with van der Waals surface area (Å²) in [7, 11) is 0. The summed E-state index contributed by atoms with van der Waals surface area (Å²) >= 11 is 1.59. The molecule has 0 radical (unpaired) electrons. The maximum Gasteiger partial charge on any atom is 0.313 e. The molecule has 2 aromatic carbocycles. The molecule has 9 heteroatoms. The van der Waals surface area contributed by atoms with Crippen molar-refractivity contribution in [3.05, 3.63) is 91.7 Å². The summed E-state index contributed by atoms with van der Waals surface area (Å²) in [5.74, 6) is -1.63. The van der Waals surface area contributed by atoms with Gasteiger partial charge in [0, 0.05) is 31.8 Å². The number of nitro benzene ring substituents is 1. The molecule has 0 saturated heterocycles. The van der Waals surface area contributed by atoms with Gasteiger partial charge >= 0.3 is 11.8 Å². The Hall–Kier alpha value is -3.56. The highest BCUT2D eigenvalue weighted by Gasteiger charge is 2.26. The minimum atomic E-state index is -0.855. The number of carbonyl (C=O) groups is 2. The molecule has 2 N–H and O–H groups in total. The minimum Gasteiger partial charge on any atom is -0.346 e. The Labute approximate surface area is 195 Å². The van der Waals surface area contributed by atoms with Crippen molar-refractivity contribution in [3.63, 3.8) is 0 Å². The molecule has 1 aliphatic heterocycles. The van der Waals surface area contributed by atoms with E-state index in [9.17, 15) is 19.7 Å². The summed E-state index contributed by atoms with van der Waals surface area (Å²) < 4.78 is 0. The van der Waals surface area contributed by atoms with E-state index in [-0.39, 0.29) is 24.0 Å². The smallest absolute Gasteiger partial charge is 0.313 e. The van der Waals surface area contributed by atoms with Gasteiger partial charge in [0.1, 0.15) is 0 Å². The number of thiophene rings is 1. The van der Waals surface area contributed by atoms with Gasteiger partial charge < -0.3 is 10.6 Å². The Morgan fingerprint density at radius 3 is 2.67 bits per heavy atom. The number of nitrogens with one attached hydrogen (secondary N) is 2. The summed E-state index contributed by atoms with van der Waals surface area (Å²) in [5.41, 5.74) is 4.42. The standard InChI is InChI=1S/C24H24N4O4S/c1-16-6-7-20(28(31)32)12-21(16)26-24(30)23(29)25-13-22(19-9-11-33-15-19)27-10-8-17-4-2-3-5-18(17)14-27/h2-7,9,11-12,15,22H,8,10,13-14H2,1H3,(H,25,29)(H,26,30). The van der Waals surface area contributed by atoms with Gasteiger partial charge in [0.05, 0.1) is 16.7 Å². The predicted octanol–water partition coefficient (Wildman–Crippen LogP) is 3.82. The number of benzene rings is 2. The highest BCUT2D eigenvalue weighted by molar-refractivity contribution is 7.08. The van der Waals surface area contributed by atoms with E-state index in [0.29, 0.717) is 5.56 Å². The van der Waals surface area contributed by atoms with Crippen molar-refractivity contribution in [2.75, 3.05) is 18.4 Å². The van der Waals surface area contributed by atoms with Crippen molar-refractivity contribution in [2.24, 2.45) is 0 Å². The number of anilines is 1. The maximum atomic E-state index is 12.6. The Morgan fingerprint density at radius 1 is 1.15 bits per heavy atom. The lowest BCUT2D eigenvalue weighted by atomic mass is 9.97. The van der Waals surface area contributed by atoms with Crippen LogP contribution in [-0.4, -0.2) is 34.7 Å². The van der Waals surface area contributed by atoms with Gasteiger partial charge in [-0.25, -0.2) is 0 Å². The first-order valence-corrected chi connectivity index (χ1v) is 11.5. The second-order valence-corrected chi connectivity index (χ2v) is 8.76. The zero-order chi connectivity index (χ0) is 23.4. The fourth-order valence-electron chi connectivity index (χ4n) is 4.01. The van der Waals surface area contributed by atoms with E-state index in [2.05, 4.69) is 33.0 Å². The zero-order valence-electron chi connectivity index (χ0n) is 18.1. The molecule has 1 aromatic heterocycles. The molecular formula is C24H24N4O4S. The van der Waals surface area contributed by atoms with Crippen LogP contribution in [0.25, 0.3) is 0 Å². The van der Waals surface area contributed by atoms with Crippen molar-refractivity contribution >= 4 is 34.5 Å². The number of non-ortho nitro benzene ring substituents is 1. The van der Waals surface area contributed by atoms with Crippen LogP contribution in [0.3, 0.4) is 0 Å². The highest BCUT2D eigenvalue weighted by atomic mass is 32.1. The Kier molecular flexibility index (Phi) is 6.81. The summed E-state index contributed by atoms with van der Waals surface area (Å²) in [6.07, 6.45) is 0.928. The second-order valence-electron chi connectivity index (χ2n) is 7.98. The van der Waals surface area contributed by atoms with E-state index < -0.39 is 16.7 Å². The van der Waals surface area contributed by atoms with Crippen LogP contribution in [0.2, 0.25) is 0 Å². The summed E-state index contributed by atoms with van der Waals surface area (Å²) in [4.78, 5) is 37.8. The quantitative estimate of drug-likeness (QED) is 0.328. The number of nitro groups is 1. The molecule has 1 aliphatic rings. The first-order valence-electron chi connectivity index (χ1n) is 10.6. The number of carbonyl (C=O) groups excluding carboxylic acids is 2. The van der Waals surface area contributed by atoms with Crippen LogP contribution in [0.4, 0.5) is 11.4 Å². The van der Waals surface area contributed by atoms with Crippen molar-refractivity contribution in [1.29, 1.82) is 0 Å². The van der Waals surface area contributed by atoms with E-state index in [4.69, 9.17) is 0 Å². The third-order valence-electron chi connectivity index (χ3n) is 5.87. The van der Waals surface area contributed by atoms with E-state index in [0.717, 1.165) is 25.1 Å². The van der Waals surface area contributed by atoms with Gasteiger partial charge in [-0.2, -0.15) is 11.3 Å². The third-order valence-corrected chi connectivity index (χ3v) is 6.57. The number of aryl methyl sites for hydroxylation is 1. The monoisotopic (exact) mass is 464 g/mol. The number of hydrogen-bond donors (Lipinski definition) is 2. The molecule has 0 bridgehead atoms. The fraction of sp³-hybridized carbons (Fsp3) is 0.250. The molecule has 8 nitrogen and oxygen atoms in total. The molecule has 2 heterocycles. The molecule has 0 aliphatic carbocycles. The van der Waals surface area contributed by atoms with E-state index >= 15 is 0 Å². The number of hydrogen-bond acceptors (Lipinski definition) is 6. The molecule has 170 valence electrons. The SMILES string of the molecule is Cc1ccc([N+](=O)[O-])cc1NC(=O)C(=O)NCC(c1ccsc1)N1CCc2ccccc2C1. The number of amides is 2. The molecule has 2 amide bonds. The molecule has 1 atom stereocenters. The third kappa shape index (κ3) is 5.27. The van der Waals surface area contributed by atoms with Gasteiger partial charge in [0.2, 0.25) is 0 Å². The molecule has 0 saturated carbocycles. The highest BCUT2D eigenvalue weighted by Crippen LogP contribution is 2.29. The molecular weight excluding hydrogens is 440 g/mol. The molecule has 0 spiro atoms. The molecule has 0 fully saturated rings. The van der Waals surface area contributed by atoms with Crippen molar-refractivity contribution < 1.29 is 14.5 Å². The molecule has 33 heavy (non-hydrogen) atoms. The number of fused-ring (bicyclic) bond motifs is 1. The van der Waals surface area contributed by atoms with Crippen molar-refractivity contribution in [2.45, 2.75) is 25.9 Å². The fourth-order valence-corrected chi connectivity index (χ4v) is 4.72. The van der Waals surface area contributed by atoms with Gasteiger partial charge in [-0.05, 0) is 52.4 Å². The lowest BCUT2D eigenvalue weighted by Crippen LogP contribution is -2.43. The summed E-state index contributed by atoms with van der Waals surface area (Å²) in [6.45, 7) is 3.61. The second kappa shape index (κ2) is 9.93.